The Morgan fingerprint density at radius 3 is 2.62 bits per heavy atom. The quantitative estimate of drug-likeness (QED) is 0.901. The van der Waals surface area contributed by atoms with E-state index in [1.807, 2.05) is 16.9 Å². The van der Waals surface area contributed by atoms with Crippen LogP contribution in [-0.2, 0) is 23.0 Å². The first-order chi connectivity index (χ1) is 11.2. The number of rotatable bonds is 4. The number of hydrogen-bond acceptors (Lipinski definition) is 5. The van der Waals surface area contributed by atoms with Gasteiger partial charge in [0.2, 0.25) is 10.0 Å². The summed E-state index contributed by atoms with van der Waals surface area (Å²) < 4.78 is 30.4. The molecule has 1 aromatic rings. The van der Waals surface area contributed by atoms with Gasteiger partial charge in [0.15, 0.2) is 0 Å². The minimum atomic E-state index is -3.67. The topological polar surface area (TPSA) is 75.7 Å². The number of carbonyl (C=O) groups excluding carboxylic acids is 1. The van der Waals surface area contributed by atoms with Gasteiger partial charge in [0, 0.05) is 19.1 Å². The van der Waals surface area contributed by atoms with Gasteiger partial charge in [-0.25, -0.2) is 17.9 Å². The molecule has 132 valence electrons. The normalized spacial score (nSPS) is 19.7. The minimum Gasteiger partial charge on any atom is -0.410 e. The zero-order valence-electron chi connectivity index (χ0n) is 14.3. The van der Waals surface area contributed by atoms with Gasteiger partial charge in [-0.3, -0.25) is 4.90 Å². The summed E-state index contributed by atoms with van der Waals surface area (Å²) >= 11 is 0. The van der Waals surface area contributed by atoms with Crippen molar-refractivity contribution < 1.29 is 17.9 Å². The Labute approximate surface area is 143 Å². The molecule has 1 aromatic carbocycles. The molecule has 1 saturated carbocycles. The monoisotopic (exact) mass is 352 g/mol. The van der Waals surface area contributed by atoms with Gasteiger partial charge in [0.25, 0.3) is 0 Å². The number of ether oxygens (including phenoxy) is 1. The Kier molecular flexibility index (Phi) is 4.34. The second-order valence-corrected chi connectivity index (χ2v) is 9.39. The van der Waals surface area contributed by atoms with Crippen molar-refractivity contribution in [2.75, 3.05) is 6.54 Å². The molecule has 0 spiro atoms. The van der Waals surface area contributed by atoms with Crippen molar-refractivity contribution in [3.63, 3.8) is 0 Å². The van der Waals surface area contributed by atoms with Crippen LogP contribution in [0.15, 0.2) is 18.2 Å². The van der Waals surface area contributed by atoms with Gasteiger partial charge in [-0.2, -0.15) is 0 Å². The molecule has 1 heterocycles. The molecule has 0 unspecified atom stereocenters. The Morgan fingerprint density at radius 2 is 2.00 bits per heavy atom. The maximum absolute atomic E-state index is 12.0. The number of nitrogens with one attached hydrogen (secondary N) is 1. The van der Waals surface area contributed by atoms with Gasteiger partial charge < -0.3 is 4.74 Å². The Morgan fingerprint density at radius 1 is 1.29 bits per heavy atom. The Balaban J connectivity index is 1.65. The van der Waals surface area contributed by atoms with Crippen LogP contribution in [0, 0.1) is 0 Å². The highest BCUT2D eigenvalue weighted by Gasteiger charge is 2.51. The number of sulfonamides is 1. The first kappa shape index (κ1) is 17.2. The molecule has 7 heteroatoms. The largest absolute Gasteiger partial charge is 0.426 e. The number of carbonyl (C=O) groups is 1. The molecule has 6 nitrogen and oxygen atoms in total. The summed E-state index contributed by atoms with van der Waals surface area (Å²) in [5.74, 6) is 0.375. The molecule has 0 saturated heterocycles. The van der Waals surface area contributed by atoms with Crippen LogP contribution in [0.4, 0.5) is 4.79 Å². The van der Waals surface area contributed by atoms with E-state index in [-0.39, 0.29) is 0 Å². The molecule has 0 aromatic heterocycles. The average Bonchev–Trinajstić information content (AvgIpc) is 3.25. The number of nitrogens with zero attached hydrogens (tertiary/aromatic N) is 1. The highest BCUT2D eigenvalue weighted by atomic mass is 32.2. The van der Waals surface area contributed by atoms with Crippen LogP contribution in [-0.4, -0.2) is 36.7 Å². The molecule has 2 aliphatic rings. The lowest BCUT2D eigenvalue weighted by Crippen LogP contribution is -2.40. The molecule has 1 aliphatic carbocycles. The lowest BCUT2D eigenvalue weighted by Gasteiger charge is -2.32. The summed E-state index contributed by atoms with van der Waals surface area (Å²) in [6, 6.07) is 5.99. The highest BCUT2D eigenvalue weighted by Crippen LogP contribution is 2.42. The summed E-state index contributed by atoms with van der Waals surface area (Å²) in [7, 11) is -3.67. The molecular formula is C17H24N2O4S. The maximum Gasteiger partial charge on any atom is 0.426 e. The van der Waals surface area contributed by atoms with Gasteiger partial charge in [-0.1, -0.05) is 6.07 Å². The Bertz CT molecular complexity index is 754. The summed E-state index contributed by atoms with van der Waals surface area (Å²) in [6.07, 6.45) is 1.09. The van der Waals surface area contributed by atoms with E-state index in [0.717, 1.165) is 25.1 Å². The standard InChI is InChI=1S/C17H24N2O4S/c1-12(2)19-9-6-13-10-15(5-4-14(13)11-19)23-16(20)18-24(21,22)17(3)7-8-17/h4-5,10,12H,6-9,11H2,1-3H3,(H,18,20). The molecule has 1 fully saturated rings. The van der Waals surface area contributed by atoms with Crippen molar-refractivity contribution in [3.05, 3.63) is 29.3 Å². The van der Waals surface area contributed by atoms with Crippen LogP contribution in [0.25, 0.3) is 0 Å². The molecule has 1 aliphatic heterocycles. The summed E-state index contributed by atoms with van der Waals surface area (Å²) in [5.41, 5.74) is 2.37. The van der Waals surface area contributed by atoms with E-state index < -0.39 is 20.9 Å². The SMILES string of the molecule is CC(C)N1CCc2cc(OC(=O)NS(=O)(=O)C3(C)CC3)ccc2C1. The van der Waals surface area contributed by atoms with E-state index in [0.29, 0.717) is 24.6 Å². The zero-order valence-corrected chi connectivity index (χ0v) is 15.1. The van der Waals surface area contributed by atoms with Gasteiger partial charge in [-0.05, 0) is 63.3 Å². The van der Waals surface area contributed by atoms with E-state index in [2.05, 4.69) is 18.7 Å². The molecule has 1 amide bonds. The van der Waals surface area contributed by atoms with Gasteiger partial charge >= 0.3 is 6.09 Å². The van der Waals surface area contributed by atoms with E-state index in [1.165, 1.54) is 5.56 Å². The van der Waals surface area contributed by atoms with Crippen LogP contribution in [0.3, 0.4) is 0 Å². The first-order valence-electron chi connectivity index (χ1n) is 8.30. The third-order valence-corrected chi connectivity index (χ3v) is 7.12. The predicted octanol–water partition coefficient (Wildman–Crippen LogP) is 2.42. The van der Waals surface area contributed by atoms with Crippen LogP contribution >= 0.6 is 0 Å². The molecule has 0 atom stereocenters. The third-order valence-electron chi connectivity index (χ3n) is 4.98. The average molecular weight is 352 g/mol. The van der Waals surface area contributed by atoms with Crippen molar-refractivity contribution in [2.24, 2.45) is 0 Å². The highest BCUT2D eigenvalue weighted by molar-refractivity contribution is 7.91. The lowest BCUT2D eigenvalue weighted by atomic mass is 9.98. The van der Waals surface area contributed by atoms with E-state index in [1.54, 1.807) is 13.0 Å². The number of hydrogen-bond donors (Lipinski definition) is 1. The zero-order chi connectivity index (χ0) is 17.5. The fourth-order valence-electron chi connectivity index (χ4n) is 2.86. The maximum atomic E-state index is 12.0. The molecule has 24 heavy (non-hydrogen) atoms. The third kappa shape index (κ3) is 3.42. The van der Waals surface area contributed by atoms with Crippen molar-refractivity contribution in [1.29, 1.82) is 0 Å². The molecule has 3 rings (SSSR count). The van der Waals surface area contributed by atoms with Gasteiger partial charge in [0.1, 0.15) is 5.75 Å². The van der Waals surface area contributed by atoms with Crippen molar-refractivity contribution in [1.82, 2.24) is 9.62 Å². The molecule has 1 N–H and O–H groups in total. The van der Waals surface area contributed by atoms with Gasteiger partial charge in [-0.15, -0.1) is 0 Å². The molecular weight excluding hydrogens is 328 g/mol. The second-order valence-electron chi connectivity index (χ2n) is 7.19. The van der Waals surface area contributed by atoms with Crippen LogP contribution in [0.2, 0.25) is 0 Å². The molecule has 0 bridgehead atoms. The summed E-state index contributed by atoms with van der Waals surface area (Å²) in [6.45, 7) is 7.82. The van der Waals surface area contributed by atoms with Crippen LogP contribution < -0.4 is 9.46 Å². The predicted molar refractivity (Wildman–Crippen MR) is 91.4 cm³/mol. The number of fused-ring (bicyclic) bond motifs is 1. The van der Waals surface area contributed by atoms with Crippen molar-refractivity contribution in [2.45, 2.75) is 57.4 Å². The van der Waals surface area contributed by atoms with Gasteiger partial charge in [0.05, 0.1) is 4.75 Å². The fraction of sp³-hybridized carbons (Fsp3) is 0.588. The van der Waals surface area contributed by atoms with E-state index in [4.69, 9.17) is 4.74 Å². The van der Waals surface area contributed by atoms with Crippen molar-refractivity contribution >= 4 is 16.1 Å². The van der Waals surface area contributed by atoms with E-state index in [9.17, 15) is 13.2 Å². The van der Waals surface area contributed by atoms with Crippen molar-refractivity contribution in [3.8, 4) is 5.75 Å². The number of amides is 1. The number of benzene rings is 1. The summed E-state index contributed by atoms with van der Waals surface area (Å²) in [5, 5.41) is 0. The lowest BCUT2D eigenvalue weighted by molar-refractivity contribution is 0.201. The summed E-state index contributed by atoms with van der Waals surface area (Å²) in [4.78, 5) is 14.3. The smallest absolute Gasteiger partial charge is 0.410 e. The Hall–Kier alpha value is -1.60. The van der Waals surface area contributed by atoms with E-state index >= 15 is 0 Å². The minimum absolute atomic E-state index is 0.375. The van der Waals surface area contributed by atoms with Crippen LogP contribution in [0.1, 0.15) is 44.7 Å². The molecule has 0 radical (unpaired) electrons. The first-order valence-corrected chi connectivity index (χ1v) is 9.78. The fourth-order valence-corrected chi connectivity index (χ4v) is 4.01. The van der Waals surface area contributed by atoms with Crippen LogP contribution in [0.5, 0.6) is 5.75 Å². The second kappa shape index (κ2) is 6.04.